The van der Waals surface area contributed by atoms with Crippen LogP contribution in [0, 0.1) is 5.82 Å². The maximum absolute atomic E-state index is 13.2. The monoisotopic (exact) mass is 336 g/mol. The number of alkyl halides is 1. The van der Waals surface area contributed by atoms with Crippen LogP contribution in [-0.2, 0) is 5.33 Å². The third-order valence-electron chi connectivity index (χ3n) is 3.46. The molecule has 20 heavy (non-hydrogen) atoms. The minimum Gasteiger partial charge on any atom is -0.457 e. The number of hydrogen-bond donors (Lipinski definition) is 0. The highest BCUT2D eigenvalue weighted by Crippen LogP contribution is 2.29. The summed E-state index contributed by atoms with van der Waals surface area (Å²) < 4.78 is 19.0. The van der Waals surface area contributed by atoms with Crippen LogP contribution in [0.2, 0.25) is 0 Å². The van der Waals surface area contributed by atoms with Gasteiger partial charge >= 0.3 is 0 Å². The lowest BCUT2D eigenvalue weighted by atomic mass is 9.99. The summed E-state index contributed by atoms with van der Waals surface area (Å²) >= 11 is 3.35. The van der Waals surface area contributed by atoms with E-state index in [0.29, 0.717) is 17.0 Å². The van der Waals surface area contributed by atoms with Crippen LogP contribution < -0.4 is 4.74 Å². The van der Waals surface area contributed by atoms with Crippen molar-refractivity contribution in [2.75, 3.05) is 0 Å². The van der Waals surface area contributed by atoms with Crippen LogP contribution in [-0.4, -0.2) is 0 Å². The van der Waals surface area contributed by atoms with Crippen LogP contribution in [0.3, 0.4) is 0 Å². The molecule has 0 amide bonds. The minimum atomic E-state index is -0.251. The minimum absolute atomic E-state index is 0.251. The van der Waals surface area contributed by atoms with Crippen molar-refractivity contribution in [3.63, 3.8) is 0 Å². The maximum Gasteiger partial charge on any atom is 0.131 e. The van der Waals surface area contributed by atoms with Crippen LogP contribution in [0.15, 0.2) is 42.5 Å². The molecule has 1 atom stereocenters. The molecule has 0 aromatic heterocycles. The summed E-state index contributed by atoms with van der Waals surface area (Å²) in [6.45, 7) is 4.38. The first-order valence-corrected chi connectivity index (χ1v) is 7.88. The van der Waals surface area contributed by atoms with Crippen molar-refractivity contribution in [2.24, 2.45) is 0 Å². The highest BCUT2D eigenvalue weighted by Gasteiger charge is 2.07. The lowest BCUT2D eigenvalue weighted by Gasteiger charge is -2.12. The van der Waals surface area contributed by atoms with Crippen molar-refractivity contribution >= 4 is 15.9 Å². The quantitative estimate of drug-likeness (QED) is 0.606. The summed E-state index contributed by atoms with van der Waals surface area (Å²) in [5, 5.41) is 0.561. The van der Waals surface area contributed by atoms with Gasteiger partial charge in [-0.1, -0.05) is 41.9 Å². The molecule has 0 saturated heterocycles. The Morgan fingerprint density at radius 3 is 2.45 bits per heavy atom. The fourth-order valence-electron chi connectivity index (χ4n) is 1.98. The van der Waals surface area contributed by atoms with E-state index in [-0.39, 0.29) is 5.82 Å². The topological polar surface area (TPSA) is 9.23 Å². The van der Waals surface area contributed by atoms with Crippen molar-refractivity contribution in [3.8, 4) is 11.5 Å². The molecular weight excluding hydrogens is 319 g/mol. The molecule has 0 aliphatic carbocycles. The first kappa shape index (κ1) is 15.0. The summed E-state index contributed by atoms with van der Waals surface area (Å²) in [4.78, 5) is 0. The molecule has 0 N–H and O–H groups in total. The summed E-state index contributed by atoms with van der Waals surface area (Å²) in [7, 11) is 0. The van der Waals surface area contributed by atoms with Crippen molar-refractivity contribution in [1.29, 1.82) is 0 Å². The summed E-state index contributed by atoms with van der Waals surface area (Å²) in [5.74, 6) is 1.75. The molecule has 1 unspecified atom stereocenters. The van der Waals surface area contributed by atoms with E-state index < -0.39 is 0 Å². The molecule has 0 aliphatic rings. The Morgan fingerprint density at radius 2 is 1.85 bits per heavy atom. The number of rotatable bonds is 5. The van der Waals surface area contributed by atoms with Gasteiger partial charge in [-0.3, -0.25) is 0 Å². The van der Waals surface area contributed by atoms with Crippen LogP contribution in [0.25, 0.3) is 0 Å². The zero-order valence-electron chi connectivity index (χ0n) is 11.7. The number of hydrogen-bond acceptors (Lipinski definition) is 1. The smallest absolute Gasteiger partial charge is 0.131 e. The van der Waals surface area contributed by atoms with Crippen molar-refractivity contribution in [1.82, 2.24) is 0 Å². The van der Waals surface area contributed by atoms with Gasteiger partial charge in [0.1, 0.15) is 17.3 Å². The Hall–Kier alpha value is -1.35. The second-order valence-corrected chi connectivity index (χ2v) is 5.43. The first-order valence-electron chi connectivity index (χ1n) is 6.76. The molecule has 2 aromatic carbocycles. The summed E-state index contributed by atoms with van der Waals surface area (Å²) in [6.07, 6.45) is 1.12. The Bertz CT molecular complexity index is 566. The van der Waals surface area contributed by atoms with Crippen LogP contribution in [0.1, 0.15) is 37.3 Å². The molecule has 3 heteroatoms. The Labute approximate surface area is 127 Å². The zero-order valence-corrected chi connectivity index (χ0v) is 13.3. The molecule has 0 bridgehead atoms. The lowest BCUT2D eigenvalue weighted by Crippen LogP contribution is -1.93. The van der Waals surface area contributed by atoms with Crippen molar-refractivity contribution < 1.29 is 9.13 Å². The SMILES string of the molecule is CCC(C)c1ccc(Oc2ccc(F)cc2CBr)cc1. The van der Waals surface area contributed by atoms with Crippen molar-refractivity contribution in [2.45, 2.75) is 31.5 Å². The molecule has 0 heterocycles. The van der Waals surface area contributed by atoms with E-state index in [1.165, 1.54) is 17.7 Å². The number of benzene rings is 2. The third-order valence-corrected chi connectivity index (χ3v) is 4.06. The second kappa shape index (κ2) is 6.89. The standard InChI is InChI=1S/C17H18BrFO/c1-3-12(2)13-4-7-16(8-5-13)20-17-9-6-15(19)10-14(17)11-18/h4-10,12H,3,11H2,1-2H3. The van der Waals surface area contributed by atoms with Gasteiger partial charge in [-0.15, -0.1) is 0 Å². The molecular formula is C17H18BrFO. The maximum atomic E-state index is 13.2. The van der Waals surface area contributed by atoms with E-state index in [9.17, 15) is 4.39 Å². The van der Waals surface area contributed by atoms with E-state index in [1.54, 1.807) is 6.07 Å². The normalized spacial score (nSPS) is 12.2. The van der Waals surface area contributed by atoms with Gasteiger partial charge in [0, 0.05) is 10.9 Å². The van der Waals surface area contributed by atoms with E-state index in [2.05, 4.69) is 41.9 Å². The van der Waals surface area contributed by atoms with Crippen molar-refractivity contribution in [3.05, 3.63) is 59.4 Å². The van der Waals surface area contributed by atoms with E-state index in [4.69, 9.17) is 4.74 Å². The van der Waals surface area contributed by atoms with Crippen LogP contribution >= 0.6 is 15.9 Å². The zero-order chi connectivity index (χ0) is 14.5. The van der Waals surface area contributed by atoms with E-state index >= 15 is 0 Å². The molecule has 1 nitrogen and oxygen atoms in total. The fourth-order valence-corrected chi connectivity index (χ4v) is 2.42. The van der Waals surface area contributed by atoms with Gasteiger partial charge in [-0.25, -0.2) is 4.39 Å². The fraction of sp³-hybridized carbons (Fsp3) is 0.294. The predicted molar refractivity (Wildman–Crippen MR) is 84.3 cm³/mol. The summed E-state index contributed by atoms with van der Waals surface area (Å²) in [6, 6.07) is 12.6. The van der Waals surface area contributed by atoms with E-state index in [1.807, 2.05) is 12.1 Å². The number of ether oxygens (including phenoxy) is 1. The molecule has 0 spiro atoms. The van der Waals surface area contributed by atoms with Gasteiger partial charge in [-0.05, 0) is 48.2 Å². The highest BCUT2D eigenvalue weighted by atomic mass is 79.9. The average molecular weight is 337 g/mol. The molecule has 0 fully saturated rings. The predicted octanol–water partition coefficient (Wildman–Crippen LogP) is 6.03. The van der Waals surface area contributed by atoms with Gasteiger partial charge < -0.3 is 4.74 Å². The molecule has 106 valence electrons. The molecule has 2 aromatic rings. The third kappa shape index (κ3) is 3.60. The summed E-state index contributed by atoms with van der Waals surface area (Å²) in [5.41, 5.74) is 2.11. The van der Waals surface area contributed by atoms with E-state index in [0.717, 1.165) is 17.7 Å². The second-order valence-electron chi connectivity index (χ2n) is 4.87. The molecule has 0 aliphatic heterocycles. The Kier molecular flexibility index (Phi) is 5.18. The van der Waals surface area contributed by atoms with Crippen LogP contribution in [0.5, 0.6) is 11.5 Å². The van der Waals surface area contributed by atoms with Gasteiger partial charge in [0.2, 0.25) is 0 Å². The van der Waals surface area contributed by atoms with Gasteiger partial charge in [0.25, 0.3) is 0 Å². The molecule has 2 rings (SSSR count). The van der Waals surface area contributed by atoms with Gasteiger partial charge in [0.15, 0.2) is 0 Å². The Morgan fingerprint density at radius 1 is 1.15 bits per heavy atom. The lowest BCUT2D eigenvalue weighted by molar-refractivity contribution is 0.476. The Balaban J connectivity index is 2.18. The molecule has 0 radical (unpaired) electrons. The average Bonchev–Trinajstić information content (AvgIpc) is 2.49. The first-order chi connectivity index (χ1) is 9.63. The largest absolute Gasteiger partial charge is 0.457 e. The van der Waals surface area contributed by atoms with Gasteiger partial charge in [0.05, 0.1) is 0 Å². The number of halogens is 2. The van der Waals surface area contributed by atoms with Gasteiger partial charge in [-0.2, -0.15) is 0 Å². The van der Waals surface area contributed by atoms with Crippen LogP contribution in [0.4, 0.5) is 4.39 Å². The molecule has 0 saturated carbocycles. The highest BCUT2D eigenvalue weighted by molar-refractivity contribution is 9.08.